The molecule has 1 rings (SSSR count). The molecule has 0 aromatic rings. The van der Waals surface area contributed by atoms with Crippen LogP contribution in [-0.2, 0) is 9.59 Å². The van der Waals surface area contributed by atoms with Gasteiger partial charge in [0.1, 0.15) is 0 Å². The first kappa shape index (κ1) is 15.7. The molecule has 0 heterocycles. The van der Waals surface area contributed by atoms with Crippen LogP contribution in [0.25, 0.3) is 0 Å². The monoisotopic (exact) mass is 267 g/mol. The van der Waals surface area contributed by atoms with Gasteiger partial charge in [0, 0.05) is 19.5 Å². The van der Waals surface area contributed by atoms with Crippen molar-refractivity contribution in [1.29, 1.82) is 0 Å². The first-order valence-electron chi connectivity index (χ1n) is 7.16. The topological polar surface area (TPSA) is 57.6 Å². The minimum atomic E-state index is -0.862. The minimum absolute atomic E-state index is 0.0694. The van der Waals surface area contributed by atoms with E-state index >= 15 is 0 Å². The van der Waals surface area contributed by atoms with E-state index in [1.165, 1.54) is 19.3 Å². The molecular formula is C15H25NO3. The van der Waals surface area contributed by atoms with E-state index in [1.807, 2.05) is 0 Å². The lowest BCUT2D eigenvalue weighted by molar-refractivity contribution is -0.143. The summed E-state index contributed by atoms with van der Waals surface area (Å²) in [5.41, 5.74) is 0. The molecule has 0 aliphatic heterocycles. The van der Waals surface area contributed by atoms with Crippen molar-refractivity contribution in [3.8, 4) is 0 Å². The maximum absolute atomic E-state index is 12.2. The van der Waals surface area contributed by atoms with Crippen LogP contribution in [0.1, 0.15) is 45.4 Å². The molecule has 108 valence electrons. The Morgan fingerprint density at radius 1 is 1.37 bits per heavy atom. The highest BCUT2D eigenvalue weighted by molar-refractivity contribution is 5.78. The largest absolute Gasteiger partial charge is 0.481 e. The molecule has 19 heavy (non-hydrogen) atoms. The number of carbonyl (C=O) groups is 2. The number of hydrogen-bond acceptors (Lipinski definition) is 2. The number of aliphatic carboxylic acids is 1. The van der Waals surface area contributed by atoms with Crippen LogP contribution in [0, 0.1) is 11.8 Å². The van der Waals surface area contributed by atoms with E-state index < -0.39 is 11.9 Å². The Kier molecular flexibility index (Phi) is 6.60. The molecule has 4 nitrogen and oxygen atoms in total. The van der Waals surface area contributed by atoms with Crippen molar-refractivity contribution in [2.75, 3.05) is 13.1 Å². The van der Waals surface area contributed by atoms with Crippen molar-refractivity contribution < 1.29 is 14.7 Å². The highest BCUT2D eigenvalue weighted by atomic mass is 16.4. The number of nitrogens with zero attached hydrogens (tertiary/aromatic N) is 1. The summed E-state index contributed by atoms with van der Waals surface area (Å²) in [6, 6.07) is 0. The maximum atomic E-state index is 12.2. The van der Waals surface area contributed by atoms with E-state index in [0.717, 1.165) is 12.8 Å². The van der Waals surface area contributed by atoms with Crippen molar-refractivity contribution in [3.63, 3.8) is 0 Å². The Hall–Kier alpha value is -1.32. The van der Waals surface area contributed by atoms with Crippen LogP contribution in [0.2, 0.25) is 0 Å². The summed E-state index contributed by atoms with van der Waals surface area (Å²) in [7, 11) is 0. The number of carbonyl (C=O) groups excluding carboxylic acids is 1. The maximum Gasteiger partial charge on any atom is 0.308 e. The van der Waals surface area contributed by atoms with Crippen LogP contribution >= 0.6 is 0 Å². The molecule has 0 spiro atoms. The molecule has 1 unspecified atom stereocenters. The lowest BCUT2D eigenvalue weighted by Crippen LogP contribution is -2.38. The molecule has 0 bridgehead atoms. The Morgan fingerprint density at radius 3 is 2.53 bits per heavy atom. The summed E-state index contributed by atoms with van der Waals surface area (Å²) >= 11 is 0. The summed E-state index contributed by atoms with van der Waals surface area (Å²) in [4.78, 5) is 24.8. The molecule has 1 atom stereocenters. The van der Waals surface area contributed by atoms with Gasteiger partial charge < -0.3 is 10.0 Å². The predicted octanol–water partition coefficient (Wildman–Crippen LogP) is 2.69. The van der Waals surface area contributed by atoms with Gasteiger partial charge in [-0.05, 0) is 18.8 Å². The van der Waals surface area contributed by atoms with Crippen LogP contribution in [-0.4, -0.2) is 35.0 Å². The Morgan fingerprint density at radius 2 is 2.00 bits per heavy atom. The molecule has 1 amide bonds. The quantitative estimate of drug-likeness (QED) is 0.721. The van der Waals surface area contributed by atoms with Crippen molar-refractivity contribution in [2.45, 2.75) is 45.4 Å². The number of carboxylic acids is 1. The normalized spacial score (nSPS) is 17.7. The van der Waals surface area contributed by atoms with Crippen molar-refractivity contribution >= 4 is 11.9 Å². The standard InChI is InChI=1S/C15H25NO3/c1-3-9-16(11-12(2)15(18)19)14(17)10-13-7-5-4-6-8-13/h3,12-13H,1,4-11H2,2H3,(H,18,19). The number of carboxylic acid groups (broad SMARTS) is 1. The number of amides is 1. The molecule has 0 aromatic heterocycles. The predicted molar refractivity (Wildman–Crippen MR) is 74.8 cm³/mol. The van der Waals surface area contributed by atoms with Gasteiger partial charge >= 0.3 is 5.97 Å². The van der Waals surface area contributed by atoms with Gasteiger partial charge in [0.2, 0.25) is 5.91 Å². The summed E-state index contributed by atoms with van der Waals surface area (Å²) < 4.78 is 0. The first-order valence-corrected chi connectivity index (χ1v) is 7.16. The molecule has 1 aliphatic carbocycles. The summed E-state index contributed by atoms with van der Waals surface area (Å²) in [5.74, 6) is -0.844. The van der Waals surface area contributed by atoms with Crippen LogP contribution in [0.15, 0.2) is 12.7 Å². The van der Waals surface area contributed by atoms with Crippen molar-refractivity contribution in [1.82, 2.24) is 4.90 Å². The molecular weight excluding hydrogens is 242 g/mol. The second-order valence-electron chi connectivity index (χ2n) is 5.53. The lowest BCUT2D eigenvalue weighted by atomic mass is 9.86. The van der Waals surface area contributed by atoms with Crippen LogP contribution in [0.4, 0.5) is 0 Å². The Bertz CT molecular complexity index is 321. The van der Waals surface area contributed by atoms with E-state index in [4.69, 9.17) is 5.11 Å². The van der Waals surface area contributed by atoms with E-state index in [-0.39, 0.29) is 12.5 Å². The average molecular weight is 267 g/mol. The van der Waals surface area contributed by atoms with E-state index in [0.29, 0.717) is 18.9 Å². The summed E-state index contributed by atoms with van der Waals surface area (Å²) in [6.45, 7) is 5.98. The third-order valence-electron chi connectivity index (χ3n) is 3.81. The summed E-state index contributed by atoms with van der Waals surface area (Å²) in [5, 5.41) is 8.94. The molecule has 1 N–H and O–H groups in total. The highest BCUT2D eigenvalue weighted by Gasteiger charge is 2.23. The fraction of sp³-hybridized carbons (Fsp3) is 0.733. The Labute approximate surface area is 115 Å². The second-order valence-corrected chi connectivity index (χ2v) is 5.53. The van der Waals surface area contributed by atoms with E-state index in [2.05, 4.69) is 6.58 Å². The SMILES string of the molecule is C=CCN(CC(C)C(=O)O)C(=O)CC1CCCCC1. The fourth-order valence-electron chi connectivity index (χ4n) is 2.61. The average Bonchev–Trinajstić information content (AvgIpc) is 2.39. The Balaban J connectivity index is 2.51. The molecule has 0 aromatic carbocycles. The summed E-state index contributed by atoms with van der Waals surface area (Å²) in [6.07, 6.45) is 8.17. The van der Waals surface area contributed by atoms with Gasteiger partial charge in [-0.2, -0.15) is 0 Å². The molecule has 1 fully saturated rings. The zero-order chi connectivity index (χ0) is 14.3. The van der Waals surface area contributed by atoms with Crippen LogP contribution in [0.3, 0.4) is 0 Å². The molecule has 0 saturated heterocycles. The second kappa shape index (κ2) is 7.97. The van der Waals surface area contributed by atoms with E-state index in [1.54, 1.807) is 17.9 Å². The van der Waals surface area contributed by atoms with Gasteiger partial charge in [0.25, 0.3) is 0 Å². The molecule has 1 aliphatic rings. The number of hydrogen-bond donors (Lipinski definition) is 1. The fourth-order valence-corrected chi connectivity index (χ4v) is 2.61. The van der Waals surface area contributed by atoms with Gasteiger partial charge in [0.15, 0.2) is 0 Å². The lowest BCUT2D eigenvalue weighted by Gasteiger charge is -2.27. The van der Waals surface area contributed by atoms with Gasteiger partial charge in [0.05, 0.1) is 5.92 Å². The zero-order valence-electron chi connectivity index (χ0n) is 11.8. The molecule has 4 heteroatoms. The molecule has 0 radical (unpaired) electrons. The van der Waals surface area contributed by atoms with Crippen molar-refractivity contribution in [3.05, 3.63) is 12.7 Å². The van der Waals surface area contributed by atoms with Crippen molar-refractivity contribution in [2.24, 2.45) is 11.8 Å². The van der Waals surface area contributed by atoms with Gasteiger partial charge in [-0.15, -0.1) is 6.58 Å². The minimum Gasteiger partial charge on any atom is -0.481 e. The number of rotatable bonds is 7. The van der Waals surface area contributed by atoms with Crippen LogP contribution < -0.4 is 0 Å². The molecule has 1 saturated carbocycles. The third kappa shape index (κ3) is 5.45. The zero-order valence-corrected chi connectivity index (χ0v) is 11.8. The smallest absolute Gasteiger partial charge is 0.308 e. The van der Waals surface area contributed by atoms with Crippen LogP contribution in [0.5, 0.6) is 0 Å². The first-order chi connectivity index (χ1) is 9.04. The van der Waals surface area contributed by atoms with Gasteiger partial charge in [-0.1, -0.05) is 32.3 Å². The van der Waals surface area contributed by atoms with Gasteiger partial charge in [-0.25, -0.2) is 0 Å². The van der Waals surface area contributed by atoms with E-state index in [9.17, 15) is 9.59 Å². The van der Waals surface area contributed by atoms with Gasteiger partial charge in [-0.3, -0.25) is 9.59 Å². The third-order valence-corrected chi connectivity index (χ3v) is 3.81. The highest BCUT2D eigenvalue weighted by Crippen LogP contribution is 2.26.